The summed E-state index contributed by atoms with van der Waals surface area (Å²) in [6.07, 6.45) is 1.58. The predicted molar refractivity (Wildman–Crippen MR) is 32.6 cm³/mol. The van der Waals surface area contributed by atoms with Gasteiger partial charge >= 0.3 is 11.1 Å². The van der Waals surface area contributed by atoms with Crippen LogP contribution in [0.2, 0.25) is 0 Å². The van der Waals surface area contributed by atoms with Crippen LogP contribution in [0.4, 0.5) is 0 Å². The molecule has 0 saturated heterocycles. The minimum Gasteiger partial charge on any atom is -0.268 e. The second kappa shape index (κ2) is 4.72. The Labute approximate surface area is 58.1 Å². The van der Waals surface area contributed by atoms with Crippen LogP contribution in [0, 0.1) is 10.1 Å². The minimum atomic E-state index is -1.09. The molecular weight excluding hydrogens is 138 g/mol. The Morgan fingerprint density at radius 1 is 1.70 bits per heavy atom. The van der Waals surface area contributed by atoms with E-state index in [1.165, 1.54) is 0 Å². The topological polar surface area (TPSA) is 69.4 Å². The van der Waals surface area contributed by atoms with Gasteiger partial charge in [-0.2, -0.15) is 0 Å². The summed E-state index contributed by atoms with van der Waals surface area (Å²) in [4.78, 5) is 23.5. The molecule has 0 bridgehead atoms. The molecule has 0 spiro atoms. The second-order valence-electron chi connectivity index (χ2n) is 1.79. The molecule has 0 amide bonds. The van der Waals surface area contributed by atoms with Crippen molar-refractivity contribution in [3.8, 4) is 0 Å². The van der Waals surface area contributed by atoms with E-state index in [-0.39, 0.29) is 6.42 Å². The van der Waals surface area contributed by atoms with Gasteiger partial charge in [-0.25, -0.2) is 4.84 Å². The molecule has 0 aliphatic rings. The molecule has 0 aromatic rings. The second-order valence-corrected chi connectivity index (χ2v) is 1.79. The van der Waals surface area contributed by atoms with E-state index in [0.29, 0.717) is 6.42 Å². The third-order valence-corrected chi connectivity index (χ3v) is 0.911. The first-order valence-electron chi connectivity index (χ1n) is 3.02. The molecule has 5 heteroatoms. The largest absolute Gasteiger partial charge is 0.303 e. The normalized spacial score (nSPS) is 8.90. The van der Waals surface area contributed by atoms with E-state index in [1.54, 1.807) is 0 Å². The zero-order valence-electron chi connectivity index (χ0n) is 5.70. The lowest BCUT2D eigenvalue weighted by molar-refractivity contribution is -0.729. The lowest BCUT2D eigenvalue weighted by atomic mass is 10.3. The van der Waals surface area contributed by atoms with Crippen molar-refractivity contribution in [3.05, 3.63) is 10.1 Å². The van der Waals surface area contributed by atoms with Crippen LogP contribution in [0.15, 0.2) is 0 Å². The van der Waals surface area contributed by atoms with Crippen LogP contribution in [-0.4, -0.2) is 11.1 Å². The van der Waals surface area contributed by atoms with Crippen LogP contribution in [0.25, 0.3) is 0 Å². The van der Waals surface area contributed by atoms with E-state index in [1.807, 2.05) is 6.92 Å². The fourth-order valence-corrected chi connectivity index (χ4v) is 0.450. The van der Waals surface area contributed by atoms with Gasteiger partial charge < -0.3 is 0 Å². The van der Waals surface area contributed by atoms with Crippen molar-refractivity contribution in [2.45, 2.75) is 26.2 Å². The molecule has 0 aliphatic carbocycles. The highest BCUT2D eigenvalue weighted by atomic mass is 17.0. The van der Waals surface area contributed by atoms with Crippen molar-refractivity contribution in [1.82, 2.24) is 0 Å². The van der Waals surface area contributed by atoms with Gasteiger partial charge in [-0.15, -0.1) is 10.1 Å². The van der Waals surface area contributed by atoms with Gasteiger partial charge in [0, 0.05) is 6.42 Å². The summed E-state index contributed by atoms with van der Waals surface area (Å²) in [5, 5.41) is 8.45. The van der Waals surface area contributed by atoms with Gasteiger partial charge in [0.25, 0.3) is 0 Å². The van der Waals surface area contributed by atoms with Crippen LogP contribution in [-0.2, 0) is 9.63 Å². The number of carbonyl (C=O) groups is 1. The summed E-state index contributed by atoms with van der Waals surface area (Å²) in [6.45, 7) is 1.89. The minimum absolute atomic E-state index is 0.122. The van der Waals surface area contributed by atoms with Crippen LogP contribution in [0.3, 0.4) is 0 Å². The summed E-state index contributed by atoms with van der Waals surface area (Å²) >= 11 is 0. The third kappa shape index (κ3) is 5.02. The van der Waals surface area contributed by atoms with Crippen molar-refractivity contribution >= 4 is 5.97 Å². The molecule has 0 atom stereocenters. The van der Waals surface area contributed by atoms with Crippen LogP contribution < -0.4 is 0 Å². The Bertz CT molecular complexity index is 134. The average molecular weight is 147 g/mol. The van der Waals surface area contributed by atoms with Gasteiger partial charge in [0.1, 0.15) is 0 Å². The highest BCUT2D eigenvalue weighted by Gasteiger charge is 2.04. The summed E-state index contributed by atoms with van der Waals surface area (Å²) in [7, 11) is 0. The molecule has 5 nitrogen and oxygen atoms in total. The zero-order valence-corrected chi connectivity index (χ0v) is 5.70. The smallest absolute Gasteiger partial charge is 0.268 e. The summed E-state index contributed by atoms with van der Waals surface area (Å²) < 4.78 is 0. The monoisotopic (exact) mass is 147 g/mol. The molecule has 0 heterocycles. The zero-order chi connectivity index (χ0) is 7.98. The molecule has 0 saturated carbocycles. The summed E-state index contributed by atoms with van der Waals surface area (Å²) in [5.41, 5.74) is 0. The SMILES string of the molecule is CCCCC(=O)O[N+](=O)[O-]. The Morgan fingerprint density at radius 2 is 2.30 bits per heavy atom. The number of carbonyl (C=O) groups excluding carboxylic acids is 1. The van der Waals surface area contributed by atoms with Crippen molar-refractivity contribution < 1.29 is 14.7 Å². The van der Waals surface area contributed by atoms with E-state index in [2.05, 4.69) is 4.84 Å². The van der Waals surface area contributed by atoms with E-state index >= 15 is 0 Å². The molecule has 0 aromatic carbocycles. The van der Waals surface area contributed by atoms with Crippen molar-refractivity contribution in [3.63, 3.8) is 0 Å². The number of hydrogen-bond acceptors (Lipinski definition) is 4. The summed E-state index contributed by atoms with van der Waals surface area (Å²) in [5.74, 6) is -0.771. The van der Waals surface area contributed by atoms with Crippen LogP contribution in [0.1, 0.15) is 26.2 Å². The molecule has 0 fully saturated rings. The highest BCUT2D eigenvalue weighted by Crippen LogP contribution is 1.95. The Kier molecular flexibility index (Phi) is 4.19. The van der Waals surface area contributed by atoms with Crippen molar-refractivity contribution in [2.24, 2.45) is 0 Å². The lowest BCUT2D eigenvalue weighted by Crippen LogP contribution is -2.09. The molecule has 10 heavy (non-hydrogen) atoms. The first kappa shape index (κ1) is 8.87. The summed E-state index contributed by atoms with van der Waals surface area (Å²) in [6, 6.07) is 0. The third-order valence-electron chi connectivity index (χ3n) is 0.911. The number of rotatable bonds is 4. The molecule has 0 unspecified atom stereocenters. The standard InChI is InChI=1S/C5H9NO4/c1-2-3-4-5(7)10-6(8)9/h2-4H2,1H3. The molecule has 0 aromatic heterocycles. The van der Waals surface area contributed by atoms with Crippen molar-refractivity contribution in [2.75, 3.05) is 0 Å². The predicted octanol–water partition coefficient (Wildman–Crippen LogP) is 0.911. The maximum Gasteiger partial charge on any atom is 0.303 e. The Morgan fingerprint density at radius 3 is 2.70 bits per heavy atom. The Balaban J connectivity index is 3.35. The van der Waals surface area contributed by atoms with Crippen molar-refractivity contribution in [1.29, 1.82) is 0 Å². The van der Waals surface area contributed by atoms with Gasteiger partial charge in [-0.05, 0) is 6.42 Å². The molecule has 0 radical (unpaired) electrons. The van der Waals surface area contributed by atoms with Gasteiger partial charge in [0.2, 0.25) is 0 Å². The number of unbranched alkanes of at least 4 members (excludes halogenated alkanes) is 1. The quantitative estimate of drug-likeness (QED) is 0.437. The average Bonchev–Trinajstić information content (AvgIpc) is 1.82. The fourth-order valence-electron chi connectivity index (χ4n) is 0.450. The fraction of sp³-hybridized carbons (Fsp3) is 0.800. The maximum atomic E-state index is 10.3. The van der Waals surface area contributed by atoms with Gasteiger partial charge in [0.15, 0.2) is 0 Å². The van der Waals surface area contributed by atoms with E-state index in [4.69, 9.17) is 0 Å². The van der Waals surface area contributed by atoms with Crippen LogP contribution >= 0.6 is 0 Å². The molecular formula is C5H9NO4. The molecule has 0 rings (SSSR count). The number of hydrogen-bond donors (Lipinski definition) is 0. The lowest BCUT2D eigenvalue weighted by Gasteiger charge is -1.93. The van der Waals surface area contributed by atoms with E-state index < -0.39 is 11.1 Å². The number of nitrogens with zero attached hydrogens (tertiary/aromatic N) is 1. The van der Waals surface area contributed by atoms with E-state index in [0.717, 1.165) is 6.42 Å². The van der Waals surface area contributed by atoms with Gasteiger partial charge in [-0.1, -0.05) is 13.3 Å². The van der Waals surface area contributed by atoms with Crippen LogP contribution in [0.5, 0.6) is 0 Å². The first-order chi connectivity index (χ1) is 4.66. The molecule has 0 N–H and O–H groups in total. The molecule has 0 aliphatic heterocycles. The van der Waals surface area contributed by atoms with Gasteiger partial charge in [0.05, 0.1) is 0 Å². The molecule has 58 valence electrons. The highest BCUT2D eigenvalue weighted by molar-refractivity contribution is 5.68. The first-order valence-corrected chi connectivity index (χ1v) is 3.02. The van der Waals surface area contributed by atoms with Gasteiger partial charge in [-0.3, -0.25) is 4.79 Å². The Hall–Kier alpha value is -1.13. The van der Waals surface area contributed by atoms with E-state index in [9.17, 15) is 14.9 Å². The maximum absolute atomic E-state index is 10.3.